The number of ketones is 1. The number of rotatable bonds is 5. The lowest BCUT2D eigenvalue weighted by atomic mass is 10.0. The van der Waals surface area contributed by atoms with E-state index < -0.39 is 0 Å². The summed E-state index contributed by atoms with van der Waals surface area (Å²) in [6.07, 6.45) is 0. The van der Waals surface area contributed by atoms with Crippen LogP contribution in [-0.2, 0) is 0 Å². The van der Waals surface area contributed by atoms with Crippen LogP contribution in [0.5, 0.6) is 5.75 Å². The molecule has 5 heteroatoms. The highest BCUT2D eigenvalue weighted by atomic mass is 32.1. The Kier molecular flexibility index (Phi) is 4.59. The van der Waals surface area contributed by atoms with Gasteiger partial charge in [0.1, 0.15) is 16.8 Å². The monoisotopic (exact) mass is 334 g/mol. The molecule has 0 spiro atoms. The molecule has 118 valence electrons. The maximum absolute atomic E-state index is 12.7. The molecule has 24 heavy (non-hydrogen) atoms. The Hall–Kier alpha value is -3.10. The number of para-hydroxylation sites is 1. The van der Waals surface area contributed by atoms with Crippen LogP contribution in [0, 0.1) is 11.3 Å². The Morgan fingerprint density at radius 2 is 1.96 bits per heavy atom. The second kappa shape index (κ2) is 6.99. The molecule has 0 bridgehead atoms. The summed E-state index contributed by atoms with van der Waals surface area (Å²) in [5.41, 5.74) is 2.12. The van der Waals surface area contributed by atoms with Gasteiger partial charge in [-0.25, -0.2) is 0 Å². The van der Waals surface area contributed by atoms with Gasteiger partial charge >= 0.3 is 0 Å². The zero-order valence-electron chi connectivity index (χ0n) is 12.9. The molecule has 0 fully saturated rings. The zero-order chi connectivity index (χ0) is 16.9. The fourth-order valence-electron chi connectivity index (χ4n) is 2.30. The number of thiophene rings is 1. The van der Waals surface area contributed by atoms with E-state index in [1.807, 2.05) is 30.3 Å². The largest absolute Gasteiger partial charge is 0.497 e. The molecule has 3 rings (SSSR count). The van der Waals surface area contributed by atoms with Crippen LogP contribution in [0.25, 0.3) is 0 Å². The molecule has 1 heterocycles. The van der Waals surface area contributed by atoms with Gasteiger partial charge in [-0.3, -0.25) is 4.79 Å². The first-order chi connectivity index (χ1) is 11.7. The number of methoxy groups -OCH3 is 1. The molecule has 1 N–H and O–H groups in total. The van der Waals surface area contributed by atoms with Gasteiger partial charge in [0.25, 0.3) is 0 Å². The van der Waals surface area contributed by atoms with E-state index in [4.69, 9.17) is 4.74 Å². The van der Waals surface area contributed by atoms with Gasteiger partial charge in [0, 0.05) is 16.6 Å². The molecular weight excluding hydrogens is 320 g/mol. The smallest absolute Gasteiger partial charge is 0.195 e. The number of nitrogens with zero attached hydrogens (tertiary/aromatic N) is 1. The van der Waals surface area contributed by atoms with Crippen molar-refractivity contribution >= 4 is 27.8 Å². The second-order valence-electron chi connectivity index (χ2n) is 5.02. The fraction of sp³-hybridized carbons (Fsp3) is 0.0526. The maximum atomic E-state index is 12.7. The molecule has 0 amide bonds. The van der Waals surface area contributed by atoms with E-state index in [2.05, 4.69) is 11.4 Å². The fourth-order valence-corrected chi connectivity index (χ4v) is 3.21. The summed E-state index contributed by atoms with van der Waals surface area (Å²) in [4.78, 5) is 12.7. The number of benzene rings is 2. The molecular formula is C19H14N2O2S. The van der Waals surface area contributed by atoms with Gasteiger partial charge in [-0.1, -0.05) is 30.3 Å². The first kappa shape index (κ1) is 15.8. The Balaban J connectivity index is 1.94. The normalized spacial score (nSPS) is 10.0. The first-order valence-corrected chi connectivity index (χ1v) is 8.13. The zero-order valence-corrected chi connectivity index (χ0v) is 13.8. The second-order valence-corrected chi connectivity index (χ2v) is 5.90. The Morgan fingerprint density at radius 1 is 1.17 bits per heavy atom. The van der Waals surface area contributed by atoms with Gasteiger partial charge in [-0.2, -0.15) is 5.26 Å². The number of carbonyl (C=O) groups excluding carboxylic acids is 1. The number of hydrogen-bond donors (Lipinski definition) is 1. The summed E-state index contributed by atoms with van der Waals surface area (Å²) in [6, 6.07) is 18.6. The van der Waals surface area contributed by atoms with E-state index >= 15 is 0 Å². The lowest BCUT2D eigenvalue weighted by Gasteiger charge is -2.05. The molecule has 4 nitrogen and oxygen atoms in total. The van der Waals surface area contributed by atoms with E-state index in [-0.39, 0.29) is 5.78 Å². The van der Waals surface area contributed by atoms with Crippen LogP contribution in [0.4, 0.5) is 10.7 Å². The number of anilines is 2. The lowest BCUT2D eigenvalue weighted by Crippen LogP contribution is -2.03. The van der Waals surface area contributed by atoms with Gasteiger partial charge in [0.2, 0.25) is 0 Å². The molecule has 0 saturated heterocycles. The van der Waals surface area contributed by atoms with Crippen LogP contribution < -0.4 is 10.1 Å². The quantitative estimate of drug-likeness (QED) is 0.693. The van der Waals surface area contributed by atoms with E-state index in [0.29, 0.717) is 27.4 Å². The molecule has 0 aliphatic heterocycles. The molecule has 0 saturated carbocycles. The first-order valence-electron chi connectivity index (χ1n) is 7.25. The number of nitriles is 1. The molecule has 3 aromatic rings. The highest BCUT2D eigenvalue weighted by Crippen LogP contribution is 2.32. The summed E-state index contributed by atoms with van der Waals surface area (Å²) in [7, 11) is 1.55. The van der Waals surface area contributed by atoms with Crippen LogP contribution in [0.15, 0.2) is 60.0 Å². The minimum absolute atomic E-state index is 0.192. The summed E-state index contributed by atoms with van der Waals surface area (Å²) in [5, 5.41) is 15.1. The highest BCUT2D eigenvalue weighted by Gasteiger charge is 2.19. The molecule has 0 aliphatic carbocycles. The van der Waals surface area contributed by atoms with E-state index in [1.54, 1.807) is 36.8 Å². The SMILES string of the molecule is COc1cccc(C(=O)c2csc(Nc3ccccc3)c2C#N)c1. The average Bonchev–Trinajstić information content (AvgIpc) is 3.04. The number of hydrogen-bond acceptors (Lipinski definition) is 5. The predicted octanol–water partition coefficient (Wildman–Crippen LogP) is 4.60. The van der Waals surface area contributed by atoms with Crippen molar-refractivity contribution in [2.45, 2.75) is 0 Å². The Labute approximate surface area is 143 Å². The van der Waals surface area contributed by atoms with Gasteiger partial charge in [0.05, 0.1) is 18.2 Å². The minimum Gasteiger partial charge on any atom is -0.497 e. The van der Waals surface area contributed by atoms with Crippen LogP contribution in [0.1, 0.15) is 21.5 Å². The topological polar surface area (TPSA) is 62.1 Å². The lowest BCUT2D eigenvalue weighted by molar-refractivity contribution is 0.103. The van der Waals surface area contributed by atoms with Gasteiger partial charge < -0.3 is 10.1 Å². The predicted molar refractivity (Wildman–Crippen MR) is 95.2 cm³/mol. The van der Waals surface area contributed by atoms with Gasteiger partial charge in [0.15, 0.2) is 5.78 Å². The summed E-state index contributed by atoms with van der Waals surface area (Å²) in [6.45, 7) is 0. The van der Waals surface area contributed by atoms with Crippen LogP contribution in [0.3, 0.4) is 0 Å². The van der Waals surface area contributed by atoms with Crippen LogP contribution in [-0.4, -0.2) is 12.9 Å². The number of nitrogens with one attached hydrogen (secondary N) is 1. The number of carbonyl (C=O) groups is 1. The van der Waals surface area contributed by atoms with Crippen molar-refractivity contribution in [1.29, 1.82) is 5.26 Å². The summed E-state index contributed by atoms with van der Waals surface area (Å²) < 4.78 is 5.15. The van der Waals surface area contributed by atoms with E-state index in [9.17, 15) is 10.1 Å². The van der Waals surface area contributed by atoms with E-state index in [1.165, 1.54) is 11.3 Å². The summed E-state index contributed by atoms with van der Waals surface area (Å²) in [5.74, 6) is 0.417. The van der Waals surface area contributed by atoms with Crippen molar-refractivity contribution < 1.29 is 9.53 Å². The third kappa shape index (κ3) is 3.14. The Morgan fingerprint density at radius 3 is 2.67 bits per heavy atom. The Bertz CT molecular complexity index is 911. The highest BCUT2D eigenvalue weighted by molar-refractivity contribution is 7.14. The summed E-state index contributed by atoms with van der Waals surface area (Å²) >= 11 is 1.34. The van der Waals surface area contributed by atoms with Gasteiger partial charge in [-0.05, 0) is 24.3 Å². The van der Waals surface area contributed by atoms with Crippen molar-refractivity contribution in [3.63, 3.8) is 0 Å². The van der Waals surface area contributed by atoms with Gasteiger partial charge in [-0.15, -0.1) is 11.3 Å². The molecule has 1 aromatic heterocycles. The molecule has 0 aliphatic rings. The average molecular weight is 334 g/mol. The maximum Gasteiger partial charge on any atom is 0.195 e. The van der Waals surface area contributed by atoms with Crippen LogP contribution in [0.2, 0.25) is 0 Å². The molecule has 2 aromatic carbocycles. The minimum atomic E-state index is -0.192. The van der Waals surface area contributed by atoms with Crippen molar-refractivity contribution in [2.24, 2.45) is 0 Å². The van der Waals surface area contributed by atoms with Crippen molar-refractivity contribution in [3.05, 3.63) is 76.7 Å². The van der Waals surface area contributed by atoms with Crippen molar-refractivity contribution in [1.82, 2.24) is 0 Å². The van der Waals surface area contributed by atoms with Crippen LogP contribution >= 0.6 is 11.3 Å². The van der Waals surface area contributed by atoms with Crippen molar-refractivity contribution in [3.8, 4) is 11.8 Å². The molecule has 0 unspecified atom stereocenters. The molecule has 0 atom stereocenters. The number of ether oxygens (including phenoxy) is 1. The van der Waals surface area contributed by atoms with Crippen molar-refractivity contribution in [2.75, 3.05) is 12.4 Å². The van der Waals surface area contributed by atoms with E-state index in [0.717, 1.165) is 5.69 Å². The third-order valence-electron chi connectivity index (χ3n) is 3.51. The standard InChI is InChI=1S/C19H14N2O2S/c1-23-15-9-5-6-13(10-15)18(22)17-12-24-19(16(17)11-20)21-14-7-3-2-4-8-14/h2-10,12,21H,1H3. The third-order valence-corrected chi connectivity index (χ3v) is 4.41. The molecule has 0 radical (unpaired) electrons.